The van der Waals surface area contributed by atoms with Crippen molar-refractivity contribution >= 4 is 5.97 Å². The van der Waals surface area contributed by atoms with Crippen molar-refractivity contribution in [2.24, 2.45) is 5.73 Å². The van der Waals surface area contributed by atoms with Gasteiger partial charge in [-0.15, -0.1) is 0 Å². The Kier molecular flexibility index (Phi) is 3.66. The molecule has 1 rings (SSSR count). The van der Waals surface area contributed by atoms with Crippen molar-refractivity contribution in [2.45, 2.75) is 12.0 Å². The Morgan fingerprint density at radius 1 is 1.39 bits per heavy atom. The molecule has 0 saturated carbocycles. The zero-order chi connectivity index (χ0) is 14.1. The van der Waals surface area contributed by atoms with Gasteiger partial charge in [0, 0.05) is 6.42 Å². The van der Waals surface area contributed by atoms with E-state index in [-0.39, 0.29) is 0 Å². The average Bonchev–Trinajstić information content (AvgIpc) is 2.29. The highest BCUT2D eigenvalue weighted by Crippen LogP contribution is 2.26. The first-order valence-corrected chi connectivity index (χ1v) is 4.73. The third kappa shape index (κ3) is 2.30. The van der Waals surface area contributed by atoms with Gasteiger partial charge in [-0.1, -0.05) is 12.6 Å². The predicted molar refractivity (Wildman–Crippen MR) is 56.5 cm³/mol. The summed E-state index contributed by atoms with van der Waals surface area (Å²) in [6, 6.07) is 1.73. The number of hydrogen-bond donors (Lipinski definition) is 3. The van der Waals surface area contributed by atoms with E-state index in [4.69, 9.17) is 15.9 Å². The molecule has 4 nitrogen and oxygen atoms in total. The van der Waals surface area contributed by atoms with E-state index >= 15 is 0 Å². The SMILES string of the molecule is C=C(F)C(N)(Cc1ccc(O)c(F)c1F)C(=O)O. The minimum atomic E-state index is -2.55. The van der Waals surface area contributed by atoms with Crippen LogP contribution in [0.2, 0.25) is 0 Å². The molecule has 98 valence electrons. The molecule has 0 aliphatic rings. The second kappa shape index (κ2) is 4.69. The standard InChI is InChI=1S/C11H10F3NO3/c1-5(12)11(15,10(17)18)4-6-2-3-7(16)9(14)8(6)13/h2-3,16H,1,4,15H2,(H,17,18). The second-order valence-electron chi connectivity index (χ2n) is 3.73. The van der Waals surface area contributed by atoms with Gasteiger partial charge in [0.2, 0.25) is 5.82 Å². The Morgan fingerprint density at radius 3 is 2.39 bits per heavy atom. The molecule has 0 amide bonds. The van der Waals surface area contributed by atoms with E-state index in [1.54, 1.807) is 0 Å². The highest BCUT2D eigenvalue weighted by Gasteiger charge is 2.39. The van der Waals surface area contributed by atoms with Gasteiger partial charge in [-0.2, -0.15) is 4.39 Å². The Morgan fingerprint density at radius 2 is 1.94 bits per heavy atom. The molecule has 0 heterocycles. The van der Waals surface area contributed by atoms with Crippen LogP contribution in [0.15, 0.2) is 24.5 Å². The Bertz CT molecular complexity index is 503. The average molecular weight is 261 g/mol. The normalized spacial score (nSPS) is 14.0. The van der Waals surface area contributed by atoms with Gasteiger partial charge in [-0.3, -0.25) is 0 Å². The predicted octanol–water partition coefficient (Wildman–Crippen LogP) is 1.48. The number of benzene rings is 1. The summed E-state index contributed by atoms with van der Waals surface area (Å²) in [4.78, 5) is 10.8. The van der Waals surface area contributed by atoms with Crippen LogP contribution in [0.5, 0.6) is 5.75 Å². The molecule has 0 radical (unpaired) electrons. The molecule has 0 aliphatic heterocycles. The van der Waals surface area contributed by atoms with Gasteiger partial charge in [-0.05, 0) is 11.6 Å². The molecule has 18 heavy (non-hydrogen) atoms. The van der Waals surface area contributed by atoms with E-state index in [2.05, 4.69) is 6.58 Å². The Labute approximate surface area is 100 Å². The first-order valence-electron chi connectivity index (χ1n) is 4.73. The van der Waals surface area contributed by atoms with Crippen LogP contribution in [0.3, 0.4) is 0 Å². The fourth-order valence-corrected chi connectivity index (χ4v) is 1.30. The van der Waals surface area contributed by atoms with Gasteiger partial charge in [0.1, 0.15) is 5.83 Å². The van der Waals surface area contributed by atoms with Crippen molar-refractivity contribution in [3.8, 4) is 5.75 Å². The summed E-state index contributed by atoms with van der Waals surface area (Å²) in [7, 11) is 0. The van der Waals surface area contributed by atoms with E-state index in [1.165, 1.54) is 0 Å². The molecule has 1 atom stereocenters. The van der Waals surface area contributed by atoms with Crippen molar-refractivity contribution in [1.29, 1.82) is 0 Å². The molecule has 4 N–H and O–H groups in total. The lowest BCUT2D eigenvalue weighted by atomic mass is 9.90. The number of phenols is 1. The van der Waals surface area contributed by atoms with Gasteiger partial charge in [0.15, 0.2) is 17.1 Å². The lowest BCUT2D eigenvalue weighted by molar-refractivity contribution is -0.142. The number of aliphatic carboxylic acids is 1. The molecule has 1 unspecified atom stereocenters. The van der Waals surface area contributed by atoms with Crippen molar-refractivity contribution in [3.05, 3.63) is 41.7 Å². The van der Waals surface area contributed by atoms with Crippen LogP contribution >= 0.6 is 0 Å². The molecule has 0 bridgehead atoms. The summed E-state index contributed by atoms with van der Waals surface area (Å²) >= 11 is 0. The Hall–Kier alpha value is -2.02. The number of phenolic OH excluding ortho intramolecular Hbond substituents is 1. The van der Waals surface area contributed by atoms with Crippen molar-refractivity contribution in [2.75, 3.05) is 0 Å². The fourth-order valence-electron chi connectivity index (χ4n) is 1.30. The van der Waals surface area contributed by atoms with Crippen LogP contribution in [0.4, 0.5) is 13.2 Å². The first kappa shape index (κ1) is 14.0. The van der Waals surface area contributed by atoms with Crippen LogP contribution in [0.25, 0.3) is 0 Å². The summed E-state index contributed by atoms with van der Waals surface area (Å²) in [6.07, 6.45) is -0.833. The number of carboxylic acids is 1. The van der Waals surface area contributed by atoms with Gasteiger partial charge < -0.3 is 15.9 Å². The largest absolute Gasteiger partial charge is 0.505 e. The maximum Gasteiger partial charge on any atom is 0.331 e. The van der Waals surface area contributed by atoms with Crippen LogP contribution < -0.4 is 5.73 Å². The number of nitrogens with two attached hydrogens (primary N) is 1. The van der Waals surface area contributed by atoms with Crippen molar-refractivity contribution < 1.29 is 28.2 Å². The highest BCUT2D eigenvalue weighted by molar-refractivity contribution is 5.82. The van der Waals surface area contributed by atoms with E-state index in [0.29, 0.717) is 0 Å². The quantitative estimate of drug-likeness (QED) is 0.766. The van der Waals surface area contributed by atoms with Gasteiger partial charge in [0.25, 0.3) is 0 Å². The summed E-state index contributed by atoms with van der Waals surface area (Å²) < 4.78 is 39.5. The molecule has 0 aromatic heterocycles. The van der Waals surface area contributed by atoms with Crippen LogP contribution in [-0.2, 0) is 11.2 Å². The highest BCUT2D eigenvalue weighted by atomic mass is 19.2. The number of aromatic hydroxyl groups is 1. The number of hydrogen-bond acceptors (Lipinski definition) is 3. The van der Waals surface area contributed by atoms with Crippen LogP contribution in [-0.4, -0.2) is 21.7 Å². The summed E-state index contributed by atoms with van der Waals surface area (Å²) in [6.45, 7) is 2.78. The molecule has 0 saturated heterocycles. The molecule has 1 aromatic carbocycles. The van der Waals surface area contributed by atoms with Gasteiger partial charge in [-0.25, -0.2) is 13.6 Å². The van der Waals surface area contributed by atoms with Crippen molar-refractivity contribution in [1.82, 2.24) is 0 Å². The van der Waals surface area contributed by atoms with E-state index in [9.17, 15) is 18.0 Å². The molecular formula is C11H10F3NO3. The maximum absolute atomic E-state index is 13.4. The van der Waals surface area contributed by atoms with Gasteiger partial charge >= 0.3 is 5.97 Å². The number of rotatable bonds is 4. The summed E-state index contributed by atoms with van der Waals surface area (Å²) in [5.41, 5.74) is 2.22. The monoisotopic (exact) mass is 261 g/mol. The second-order valence-corrected chi connectivity index (χ2v) is 3.73. The topological polar surface area (TPSA) is 83.5 Å². The fraction of sp³-hybridized carbons (Fsp3) is 0.182. The van der Waals surface area contributed by atoms with E-state index in [1.807, 2.05) is 0 Å². The molecule has 0 spiro atoms. The lowest BCUT2D eigenvalue weighted by Gasteiger charge is -2.22. The van der Waals surface area contributed by atoms with Gasteiger partial charge in [0.05, 0.1) is 0 Å². The smallest absolute Gasteiger partial charge is 0.331 e. The number of carboxylic acid groups (broad SMARTS) is 1. The molecule has 7 heteroatoms. The zero-order valence-electron chi connectivity index (χ0n) is 9.08. The van der Waals surface area contributed by atoms with E-state index in [0.717, 1.165) is 12.1 Å². The third-order valence-electron chi connectivity index (χ3n) is 2.48. The summed E-state index contributed by atoms with van der Waals surface area (Å²) in [5.74, 6) is -7.11. The number of carbonyl (C=O) groups is 1. The molecule has 0 aliphatic carbocycles. The molecule has 0 fully saturated rings. The number of halogens is 3. The lowest BCUT2D eigenvalue weighted by Crippen LogP contribution is -2.50. The Balaban J connectivity index is 3.22. The third-order valence-corrected chi connectivity index (χ3v) is 2.48. The van der Waals surface area contributed by atoms with Crippen LogP contribution in [0, 0.1) is 11.6 Å². The maximum atomic E-state index is 13.4. The van der Waals surface area contributed by atoms with Crippen LogP contribution in [0.1, 0.15) is 5.56 Å². The first-order chi connectivity index (χ1) is 8.20. The van der Waals surface area contributed by atoms with Crippen molar-refractivity contribution in [3.63, 3.8) is 0 Å². The minimum absolute atomic E-state index is 0.478. The summed E-state index contributed by atoms with van der Waals surface area (Å²) in [5, 5.41) is 17.7. The zero-order valence-corrected chi connectivity index (χ0v) is 9.08. The molecule has 1 aromatic rings. The molecular weight excluding hydrogens is 251 g/mol. The van der Waals surface area contributed by atoms with E-state index < -0.39 is 46.7 Å². The minimum Gasteiger partial charge on any atom is -0.505 e.